The maximum Gasteiger partial charge on any atom is 0.342 e. The van der Waals surface area contributed by atoms with Crippen molar-refractivity contribution in [3.05, 3.63) is 52.2 Å². The molecule has 2 rings (SSSR count). The van der Waals surface area contributed by atoms with Crippen LogP contribution in [0.1, 0.15) is 16.1 Å². The Kier molecular flexibility index (Phi) is 3.80. The van der Waals surface area contributed by atoms with Crippen LogP contribution in [0.2, 0.25) is 0 Å². The van der Waals surface area contributed by atoms with Crippen molar-refractivity contribution in [2.45, 2.75) is 6.54 Å². The van der Waals surface area contributed by atoms with Crippen molar-refractivity contribution in [3.8, 4) is 0 Å². The smallest absolute Gasteiger partial charge is 0.342 e. The first-order valence-corrected chi connectivity index (χ1v) is 5.44. The summed E-state index contributed by atoms with van der Waals surface area (Å²) in [5, 5.41) is 22.5. The van der Waals surface area contributed by atoms with Gasteiger partial charge in [0.15, 0.2) is 0 Å². The second kappa shape index (κ2) is 5.69. The van der Waals surface area contributed by atoms with Crippen LogP contribution < -0.4 is 5.32 Å². The number of anilines is 1. The van der Waals surface area contributed by atoms with Crippen LogP contribution in [0.5, 0.6) is 0 Å². The molecule has 9 nitrogen and oxygen atoms in total. The van der Waals surface area contributed by atoms with Gasteiger partial charge in [0.05, 0.1) is 17.2 Å². The molecule has 2 N–H and O–H groups in total. The van der Waals surface area contributed by atoms with Gasteiger partial charge in [-0.15, -0.1) is 0 Å². The zero-order valence-corrected chi connectivity index (χ0v) is 10.1. The highest BCUT2D eigenvalue weighted by Gasteiger charge is 2.20. The number of hydrogen-bond donors (Lipinski definition) is 2. The molecule has 0 aliphatic carbocycles. The Morgan fingerprint density at radius 3 is 2.85 bits per heavy atom. The van der Waals surface area contributed by atoms with Gasteiger partial charge >= 0.3 is 11.7 Å². The number of pyridine rings is 1. The standard InChI is InChI=1S/C11H9N5O4/c17-11(18)8-3-10(14-5-9(8)16(19)20)13-4-7-1-2-12-6-15-7/h1-3,5-6H,4H2,(H,13,14)(H,17,18). The molecule has 2 heterocycles. The monoisotopic (exact) mass is 275 g/mol. The molecule has 0 spiro atoms. The highest BCUT2D eigenvalue weighted by atomic mass is 16.6. The Morgan fingerprint density at radius 1 is 1.45 bits per heavy atom. The first kappa shape index (κ1) is 13.3. The fourth-order valence-electron chi connectivity index (χ4n) is 1.47. The average Bonchev–Trinajstić information content (AvgIpc) is 2.45. The number of nitro groups is 1. The summed E-state index contributed by atoms with van der Waals surface area (Å²) in [6, 6.07) is 2.79. The van der Waals surface area contributed by atoms with Gasteiger partial charge in [-0.05, 0) is 6.07 Å². The van der Waals surface area contributed by atoms with Crippen LogP contribution in [0, 0.1) is 10.1 Å². The quantitative estimate of drug-likeness (QED) is 0.612. The van der Waals surface area contributed by atoms with Crippen LogP contribution in [-0.4, -0.2) is 31.0 Å². The number of nitrogens with one attached hydrogen (secondary N) is 1. The normalized spacial score (nSPS) is 10.0. The number of carboxylic acids is 1. The van der Waals surface area contributed by atoms with Crippen LogP contribution in [0.25, 0.3) is 0 Å². The van der Waals surface area contributed by atoms with Crippen molar-refractivity contribution >= 4 is 17.5 Å². The van der Waals surface area contributed by atoms with Crippen molar-refractivity contribution in [1.29, 1.82) is 0 Å². The lowest BCUT2D eigenvalue weighted by molar-refractivity contribution is -0.385. The van der Waals surface area contributed by atoms with Gasteiger partial charge in [-0.25, -0.2) is 19.7 Å². The van der Waals surface area contributed by atoms with E-state index >= 15 is 0 Å². The molecule has 102 valence electrons. The lowest BCUT2D eigenvalue weighted by Gasteiger charge is -2.05. The van der Waals surface area contributed by atoms with Gasteiger partial charge in [-0.2, -0.15) is 0 Å². The zero-order chi connectivity index (χ0) is 14.5. The van der Waals surface area contributed by atoms with Gasteiger partial charge in [-0.1, -0.05) is 0 Å². The molecular weight excluding hydrogens is 266 g/mol. The third kappa shape index (κ3) is 3.02. The van der Waals surface area contributed by atoms with Crippen LogP contribution in [-0.2, 0) is 6.54 Å². The Hall–Kier alpha value is -3.10. The molecule has 2 aromatic rings. The summed E-state index contributed by atoms with van der Waals surface area (Å²) in [7, 11) is 0. The lowest BCUT2D eigenvalue weighted by atomic mass is 10.2. The summed E-state index contributed by atoms with van der Waals surface area (Å²) in [6.45, 7) is 0.298. The third-order valence-electron chi connectivity index (χ3n) is 2.40. The molecule has 20 heavy (non-hydrogen) atoms. The molecule has 0 saturated heterocycles. The molecule has 9 heteroatoms. The van der Waals surface area contributed by atoms with E-state index in [0.717, 1.165) is 12.3 Å². The number of hydrogen-bond acceptors (Lipinski definition) is 7. The summed E-state index contributed by atoms with van der Waals surface area (Å²) in [5.41, 5.74) is -0.294. The van der Waals surface area contributed by atoms with Crippen LogP contribution in [0.3, 0.4) is 0 Å². The van der Waals surface area contributed by atoms with E-state index < -0.39 is 22.1 Å². The second-order valence-electron chi connectivity index (χ2n) is 3.70. The summed E-state index contributed by atoms with van der Waals surface area (Å²) in [5.74, 6) is -1.17. The van der Waals surface area contributed by atoms with Gasteiger partial charge in [-0.3, -0.25) is 10.1 Å². The molecule has 0 aliphatic rings. The zero-order valence-electron chi connectivity index (χ0n) is 10.1. The number of carbonyl (C=O) groups is 1. The predicted molar refractivity (Wildman–Crippen MR) is 67.2 cm³/mol. The Bertz CT molecular complexity index is 647. The summed E-state index contributed by atoms with van der Waals surface area (Å²) in [6.07, 6.45) is 3.85. The van der Waals surface area contributed by atoms with E-state index in [1.807, 2.05) is 0 Å². The van der Waals surface area contributed by atoms with Gasteiger partial charge in [0, 0.05) is 12.3 Å². The number of rotatable bonds is 5. The van der Waals surface area contributed by atoms with Crippen LogP contribution >= 0.6 is 0 Å². The van der Waals surface area contributed by atoms with E-state index in [1.165, 1.54) is 6.33 Å². The molecule has 0 bridgehead atoms. The van der Waals surface area contributed by atoms with Crippen molar-refractivity contribution in [2.75, 3.05) is 5.32 Å². The molecule has 0 amide bonds. The fourth-order valence-corrected chi connectivity index (χ4v) is 1.47. The predicted octanol–water partition coefficient (Wildman–Crippen LogP) is 1.09. The minimum absolute atomic E-state index is 0.214. The lowest BCUT2D eigenvalue weighted by Crippen LogP contribution is -2.07. The minimum Gasteiger partial charge on any atom is -0.477 e. The Morgan fingerprint density at radius 2 is 2.25 bits per heavy atom. The highest BCUT2D eigenvalue weighted by Crippen LogP contribution is 2.20. The maximum absolute atomic E-state index is 11.0. The number of carboxylic acid groups (broad SMARTS) is 1. The van der Waals surface area contributed by atoms with Crippen LogP contribution in [0.15, 0.2) is 30.9 Å². The van der Waals surface area contributed by atoms with Gasteiger partial charge < -0.3 is 10.4 Å². The maximum atomic E-state index is 11.0. The SMILES string of the molecule is O=C(O)c1cc(NCc2ccncn2)ncc1[N+](=O)[O-]. The molecule has 2 aromatic heterocycles. The second-order valence-corrected chi connectivity index (χ2v) is 3.70. The van der Waals surface area contributed by atoms with E-state index in [-0.39, 0.29) is 5.82 Å². The first-order chi connectivity index (χ1) is 9.58. The van der Waals surface area contributed by atoms with Gasteiger partial charge in [0.25, 0.3) is 0 Å². The van der Waals surface area contributed by atoms with Crippen molar-refractivity contribution in [1.82, 2.24) is 15.0 Å². The molecule has 0 fully saturated rings. The molecular formula is C11H9N5O4. The fraction of sp³-hybridized carbons (Fsp3) is 0.0909. The summed E-state index contributed by atoms with van der Waals surface area (Å²) < 4.78 is 0. The molecule has 0 aliphatic heterocycles. The molecule has 0 radical (unpaired) electrons. The van der Waals surface area contributed by atoms with Crippen molar-refractivity contribution in [3.63, 3.8) is 0 Å². The van der Waals surface area contributed by atoms with Crippen molar-refractivity contribution < 1.29 is 14.8 Å². The van der Waals surface area contributed by atoms with E-state index in [9.17, 15) is 14.9 Å². The van der Waals surface area contributed by atoms with Gasteiger partial charge in [0.2, 0.25) is 0 Å². The topological polar surface area (TPSA) is 131 Å². The molecule has 0 unspecified atom stereocenters. The van der Waals surface area contributed by atoms with E-state index in [1.54, 1.807) is 12.3 Å². The molecule has 0 saturated carbocycles. The number of aromatic carboxylic acids is 1. The number of aromatic nitrogens is 3. The largest absolute Gasteiger partial charge is 0.477 e. The average molecular weight is 275 g/mol. The Balaban J connectivity index is 2.19. The highest BCUT2D eigenvalue weighted by molar-refractivity contribution is 5.93. The molecule has 0 aromatic carbocycles. The number of nitrogens with zero attached hydrogens (tertiary/aromatic N) is 4. The summed E-state index contributed by atoms with van der Waals surface area (Å²) >= 11 is 0. The minimum atomic E-state index is -1.39. The molecule has 0 atom stereocenters. The van der Waals surface area contributed by atoms with Crippen LogP contribution in [0.4, 0.5) is 11.5 Å². The summed E-state index contributed by atoms with van der Waals surface area (Å²) in [4.78, 5) is 32.4. The van der Waals surface area contributed by atoms with E-state index in [0.29, 0.717) is 12.2 Å². The third-order valence-corrected chi connectivity index (χ3v) is 2.40. The van der Waals surface area contributed by atoms with Crippen molar-refractivity contribution in [2.24, 2.45) is 0 Å². The first-order valence-electron chi connectivity index (χ1n) is 5.44. The van der Waals surface area contributed by atoms with Gasteiger partial charge in [0.1, 0.15) is 23.9 Å². The van der Waals surface area contributed by atoms with E-state index in [4.69, 9.17) is 5.11 Å². The van der Waals surface area contributed by atoms with E-state index in [2.05, 4.69) is 20.3 Å². The Labute approximate surface area is 112 Å².